The summed E-state index contributed by atoms with van der Waals surface area (Å²) in [7, 11) is 0. The Balaban J connectivity index is 2.53. The van der Waals surface area contributed by atoms with Gasteiger partial charge in [0.25, 0.3) is 0 Å². The molecule has 2 rings (SSSR count). The standard InChI is InChI=1S/C12H12BrClN2/c1-3-10-7-12(14)16(15-10)11-5-4-9(13)6-8(11)2/h4-7H,3H2,1-2H3. The van der Waals surface area contributed by atoms with Crippen molar-refractivity contribution in [3.8, 4) is 5.69 Å². The van der Waals surface area contributed by atoms with Gasteiger partial charge in [-0.15, -0.1) is 0 Å². The van der Waals surface area contributed by atoms with Gasteiger partial charge >= 0.3 is 0 Å². The molecule has 1 aromatic heterocycles. The van der Waals surface area contributed by atoms with Crippen molar-refractivity contribution in [1.29, 1.82) is 0 Å². The van der Waals surface area contributed by atoms with Gasteiger partial charge in [-0.3, -0.25) is 0 Å². The van der Waals surface area contributed by atoms with Crippen LogP contribution in [-0.4, -0.2) is 9.78 Å². The lowest BCUT2D eigenvalue weighted by molar-refractivity contribution is 0.836. The lowest BCUT2D eigenvalue weighted by Crippen LogP contribution is -1.99. The normalized spacial score (nSPS) is 10.8. The highest BCUT2D eigenvalue weighted by Gasteiger charge is 2.08. The van der Waals surface area contributed by atoms with E-state index in [-0.39, 0.29) is 0 Å². The number of nitrogens with zero attached hydrogens (tertiary/aromatic N) is 2. The number of hydrogen-bond acceptors (Lipinski definition) is 1. The number of rotatable bonds is 2. The lowest BCUT2D eigenvalue weighted by atomic mass is 10.2. The lowest BCUT2D eigenvalue weighted by Gasteiger charge is -2.07. The zero-order valence-corrected chi connectivity index (χ0v) is 11.5. The largest absolute Gasteiger partial charge is 0.222 e. The van der Waals surface area contributed by atoms with E-state index in [0.717, 1.165) is 27.8 Å². The van der Waals surface area contributed by atoms with Crippen molar-refractivity contribution in [2.24, 2.45) is 0 Å². The molecule has 16 heavy (non-hydrogen) atoms. The number of aryl methyl sites for hydroxylation is 2. The monoisotopic (exact) mass is 298 g/mol. The first-order valence-electron chi connectivity index (χ1n) is 5.12. The van der Waals surface area contributed by atoms with Crippen molar-refractivity contribution < 1.29 is 0 Å². The molecule has 0 N–H and O–H groups in total. The Hall–Kier alpha value is -0.800. The molecule has 0 amide bonds. The van der Waals surface area contributed by atoms with Crippen molar-refractivity contribution in [1.82, 2.24) is 9.78 Å². The van der Waals surface area contributed by atoms with E-state index in [4.69, 9.17) is 11.6 Å². The molecule has 1 heterocycles. The van der Waals surface area contributed by atoms with E-state index >= 15 is 0 Å². The molecular weight excluding hydrogens is 288 g/mol. The van der Waals surface area contributed by atoms with Gasteiger partial charge in [0.15, 0.2) is 0 Å². The first-order chi connectivity index (χ1) is 7.61. The average molecular weight is 300 g/mol. The van der Waals surface area contributed by atoms with E-state index in [1.807, 2.05) is 25.1 Å². The summed E-state index contributed by atoms with van der Waals surface area (Å²) in [5.74, 6) is 0. The molecular formula is C12H12BrClN2. The zero-order valence-electron chi connectivity index (χ0n) is 9.17. The van der Waals surface area contributed by atoms with E-state index in [1.165, 1.54) is 0 Å². The summed E-state index contributed by atoms with van der Waals surface area (Å²) >= 11 is 9.60. The molecule has 2 nitrogen and oxygen atoms in total. The third kappa shape index (κ3) is 2.15. The van der Waals surface area contributed by atoms with Crippen LogP contribution >= 0.6 is 27.5 Å². The maximum Gasteiger partial charge on any atom is 0.133 e. The third-order valence-corrected chi connectivity index (χ3v) is 3.23. The van der Waals surface area contributed by atoms with Crippen LogP contribution in [0.4, 0.5) is 0 Å². The molecule has 0 spiro atoms. The van der Waals surface area contributed by atoms with Gasteiger partial charge in [0.2, 0.25) is 0 Å². The van der Waals surface area contributed by atoms with Crippen molar-refractivity contribution in [2.45, 2.75) is 20.3 Å². The SMILES string of the molecule is CCc1cc(Cl)n(-c2ccc(Br)cc2C)n1. The predicted molar refractivity (Wildman–Crippen MR) is 70.4 cm³/mol. The average Bonchev–Trinajstić information content (AvgIpc) is 2.60. The predicted octanol–water partition coefficient (Wildman–Crippen LogP) is 4.16. The molecule has 0 saturated heterocycles. The maximum atomic E-state index is 6.16. The zero-order chi connectivity index (χ0) is 11.7. The van der Waals surface area contributed by atoms with Crippen LogP contribution in [0, 0.1) is 6.92 Å². The minimum Gasteiger partial charge on any atom is -0.222 e. The molecule has 0 aliphatic rings. The van der Waals surface area contributed by atoms with E-state index in [1.54, 1.807) is 4.68 Å². The minimum atomic E-state index is 0.655. The summed E-state index contributed by atoms with van der Waals surface area (Å²) < 4.78 is 2.84. The summed E-state index contributed by atoms with van der Waals surface area (Å²) in [6.45, 7) is 4.11. The number of benzene rings is 1. The van der Waals surface area contributed by atoms with Crippen molar-refractivity contribution in [2.75, 3.05) is 0 Å². The Morgan fingerprint density at radius 1 is 1.38 bits per heavy atom. The first kappa shape index (κ1) is 11.7. The Morgan fingerprint density at radius 2 is 2.12 bits per heavy atom. The third-order valence-electron chi connectivity index (χ3n) is 2.47. The van der Waals surface area contributed by atoms with E-state index in [9.17, 15) is 0 Å². The van der Waals surface area contributed by atoms with Crippen molar-refractivity contribution in [3.63, 3.8) is 0 Å². The summed E-state index contributed by atoms with van der Waals surface area (Å²) in [5, 5.41) is 5.11. The number of halogens is 2. The fourth-order valence-electron chi connectivity index (χ4n) is 1.60. The number of aromatic nitrogens is 2. The second kappa shape index (κ2) is 4.60. The minimum absolute atomic E-state index is 0.655. The van der Waals surface area contributed by atoms with Gasteiger partial charge < -0.3 is 0 Å². The molecule has 0 fully saturated rings. The van der Waals surface area contributed by atoms with E-state index < -0.39 is 0 Å². The molecule has 0 aliphatic carbocycles. The van der Waals surface area contributed by atoms with Crippen molar-refractivity contribution >= 4 is 27.5 Å². The fraction of sp³-hybridized carbons (Fsp3) is 0.250. The molecule has 0 radical (unpaired) electrons. The fourth-order valence-corrected chi connectivity index (χ4v) is 2.33. The van der Waals surface area contributed by atoms with Crippen LogP contribution in [0.3, 0.4) is 0 Å². The van der Waals surface area contributed by atoms with E-state index in [2.05, 4.69) is 34.0 Å². The van der Waals surface area contributed by atoms with Gasteiger partial charge in [0, 0.05) is 4.47 Å². The van der Waals surface area contributed by atoms with Crippen molar-refractivity contribution in [3.05, 3.63) is 45.1 Å². The second-order valence-corrected chi connectivity index (χ2v) is 4.96. The molecule has 4 heteroatoms. The summed E-state index contributed by atoms with van der Waals surface area (Å²) in [5.41, 5.74) is 3.17. The summed E-state index contributed by atoms with van der Waals surface area (Å²) in [4.78, 5) is 0. The molecule has 0 bridgehead atoms. The Kier molecular flexibility index (Phi) is 3.36. The van der Waals surface area contributed by atoms with Crippen LogP contribution in [0.5, 0.6) is 0 Å². The highest BCUT2D eigenvalue weighted by Crippen LogP contribution is 2.23. The second-order valence-electron chi connectivity index (χ2n) is 3.65. The molecule has 0 saturated carbocycles. The Labute approximate surface area is 108 Å². The smallest absolute Gasteiger partial charge is 0.133 e. The molecule has 84 valence electrons. The molecule has 0 unspecified atom stereocenters. The van der Waals surface area contributed by atoms with Gasteiger partial charge in [0.05, 0.1) is 11.4 Å². The molecule has 0 aliphatic heterocycles. The highest BCUT2D eigenvalue weighted by molar-refractivity contribution is 9.10. The van der Waals surface area contributed by atoms with Gasteiger partial charge in [-0.1, -0.05) is 34.5 Å². The summed E-state index contributed by atoms with van der Waals surface area (Å²) in [6, 6.07) is 7.96. The molecule has 0 atom stereocenters. The van der Waals surface area contributed by atoms with Crippen LogP contribution in [0.1, 0.15) is 18.2 Å². The highest BCUT2D eigenvalue weighted by atomic mass is 79.9. The molecule has 1 aromatic carbocycles. The Morgan fingerprint density at radius 3 is 2.69 bits per heavy atom. The van der Waals surface area contributed by atoms with Crippen LogP contribution in [0.25, 0.3) is 5.69 Å². The van der Waals surface area contributed by atoms with Gasteiger partial charge in [-0.05, 0) is 43.2 Å². The Bertz CT molecular complexity index is 520. The van der Waals surface area contributed by atoms with Crippen LogP contribution in [-0.2, 0) is 6.42 Å². The molecule has 2 aromatic rings. The first-order valence-corrected chi connectivity index (χ1v) is 6.30. The van der Waals surface area contributed by atoms with Crippen LogP contribution in [0.15, 0.2) is 28.7 Å². The van der Waals surface area contributed by atoms with Gasteiger partial charge in [0.1, 0.15) is 5.15 Å². The summed E-state index contributed by atoms with van der Waals surface area (Å²) in [6.07, 6.45) is 0.891. The maximum absolute atomic E-state index is 6.16. The van der Waals surface area contributed by atoms with Gasteiger partial charge in [-0.2, -0.15) is 5.10 Å². The van der Waals surface area contributed by atoms with E-state index in [0.29, 0.717) is 5.15 Å². The topological polar surface area (TPSA) is 17.8 Å². The van der Waals surface area contributed by atoms with Crippen LogP contribution in [0.2, 0.25) is 5.15 Å². The quantitative estimate of drug-likeness (QED) is 0.814. The number of hydrogen-bond donors (Lipinski definition) is 0. The van der Waals surface area contributed by atoms with Crippen LogP contribution < -0.4 is 0 Å². The van der Waals surface area contributed by atoms with Gasteiger partial charge in [-0.25, -0.2) is 4.68 Å².